The molecule has 1 rings (SSSR count). The molecule has 1 heterocycles. The topological polar surface area (TPSA) is 65.5 Å². The van der Waals surface area contributed by atoms with Crippen molar-refractivity contribution >= 4 is 5.97 Å². The lowest BCUT2D eigenvalue weighted by atomic mass is 10.2. The summed E-state index contributed by atoms with van der Waals surface area (Å²) >= 11 is 0. The highest BCUT2D eigenvalue weighted by Gasteiger charge is 2.16. The number of carbonyl (C=O) groups is 1. The standard InChI is InChI=1S/C7H9NO3/c1-10-7(9)6(8)5-2-3-11-4-5/h2-4,6H,8H2,1H3. The summed E-state index contributed by atoms with van der Waals surface area (Å²) in [6, 6.07) is 0.889. The van der Waals surface area contributed by atoms with Crippen molar-refractivity contribution in [2.75, 3.05) is 7.11 Å². The normalized spacial score (nSPS) is 12.5. The molecule has 0 radical (unpaired) electrons. The molecule has 1 unspecified atom stereocenters. The number of rotatable bonds is 2. The highest BCUT2D eigenvalue weighted by atomic mass is 16.5. The van der Waals surface area contributed by atoms with Gasteiger partial charge in [-0.25, -0.2) is 0 Å². The minimum atomic E-state index is -0.737. The lowest BCUT2D eigenvalue weighted by molar-refractivity contribution is -0.142. The first-order valence-corrected chi connectivity index (χ1v) is 3.11. The number of hydrogen-bond acceptors (Lipinski definition) is 4. The molecule has 1 atom stereocenters. The van der Waals surface area contributed by atoms with Crippen LogP contribution in [-0.4, -0.2) is 13.1 Å². The third-order valence-corrected chi connectivity index (χ3v) is 1.36. The SMILES string of the molecule is COC(=O)C(N)c1ccoc1. The van der Waals surface area contributed by atoms with E-state index in [1.807, 2.05) is 0 Å². The van der Waals surface area contributed by atoms with Gasteiger partial charge in [0.05, 0.1) is 19.6 Å². The van der Waals surface area contributed by atoms with Crippen LogP contribution in [0, 0.1) is 0 Å². The van der Waals surface area contributed by atoms with E-state index in [0.29, 0.717) is 5.56 Å². The Labute approximate surface area is 63.9 Å². The summed E-state index contributed by atoms with van der Waals surface area (Å²) in [6.45, 7) is 0. The minimum Gasteiger partial charge on any atom is -0.472 e. The van der Waals surface area contributed by atoms with Crippen LogP contribution in [0.5, 0.6) is 0 Å². The van der Waals surface area contributed by atoms with Gasteiger partial charge in [0.2, 0.25) is 0 Å². The highest BCUT2D eigenvalue weighted by molar-refractivity contribution is 5.76. The summed E-state index contributed by atoms with van der Waals surface area (Å²) < 4.78 is 9.17. The molecule has 4 heteroatoms. The molecule has 0 spiro atoms. The molecule has 11 heavy (non-hydrogen) atoms. The van der Waals surface area contributed by atoms with Gasteiger partial charge in [0.1, 0.15) is 6.04 Å². The Morgan fingerprint density at radius 3 is 3.00 bits per heavy atom. The minimum absolute atomic E-state index is 0.466. The van der Waals surface area contributed by atoms with Crippen LogP contribution >= 0.6 is 0 Å². The van der Waals surface area contributed by atoms with Gasteiger partial charge in [-0.1, -0.05) is 0 Å². The van der Waals surface area contributed by atoms with Crippen molar-refractivity contribution in [1.82, 2.24) is 0 Å². The predicted molar refractivity (Wildman–Crippen MR) is 37.7 cm³/mol. The Hall–Kier alpha value is -1.29. The molecule has 1 aromatic heterocycles. The maximum absolute atomic E-state index is 10.8. The maximum atomic E-state index is 10.8. The average Bonchev–Trinajstić information content (AvgIpc) is 2.53. The Kier molecular flexibility index (Phi) is 2.28. The third-order valence-electron chi connectivity index (χ3n) is 1.36. The lowest BCUT2D eigenvalue weighted by Crippen LogP contribution is -2.21. The van der Waals surface area contributed by atoms with Gasteiger partial charge in [-0.2, -0.15) is 0 Å². The van der Waals surface area contributed by atoms with Crippen LogP contribution < -0.4 is 5.73 Å². The molecular formula is C7H9NO3. The van der Waals surface area contributed by atoms with Crippen LogP contribution in [0.2, 0.25) is 0 Å². The molecule has 0 fully saturated rings. The maximum Gasteiger partial charge on any atom is 0.327 e. The van der Waals surface area contributed by atoms with Crippen molar-refractivity contribution in [3.8, 4) is 0 Å². The first-order valence-electron chi connectivity index (χ1n) is 3.11. The first-order chi connectivity index (χ1) is 5.25. The van der Waals surface area contributed by atoms with Gasteiger partial charge < -0.3 is 14.9 Å². The fraction of sp³-hybridized carbons (Fsp3) is 0.286. The second-order valence-corrected chi connectivity index (χ2v) is 2.06. The predicted octanol–water partition coefficient (Wildman–Crippen LogP) is 0.452. The smallest absolute Gasteiger partial charge is 0.327 e. The van der Waals surface area contributed by atoms with E-state index >= 15 is 0 Å². The zero-order chi connectivity index (χ0) is 8.27. The molecule has 0 aromatic carbocycles. The number of esters is 1. The van der Waals surface area contributed by atoms with Crippen molar-refractivity contribution < 1.29 is 13.9 Å². The fourth-order valence-electron chi connectivity index (χ4n) is 0.715. The van der Waals surface area contributed by atoms with E-state index in [2.05, 4.69) is 4.74 Å². The molecule has 0 bridgehead atoms. The Morgan fingerprint density at radius 2 is 2.55 bits per heavy atom. The van der Waals surface area contributed by atoms with E-state index in [4.69, 9.17) is 10.2 Å². The van der Waals surface area contributed by atoms with Crippen molar-refractivity contribution in [2.45, 2.75) is 6.04 Å². The van der Waals surface area contributed by atoms with E-state index in [9.17, 15) is 4.79 Å². The van der Waals surface area contributed by atoms with Crippen LogP contribution in [0.4, 0.5) is 0 Å². The molecule has 4 nitrogen and oxygen atoms in total. The van der Waals surface area contributed by atoms with Gasteiger partial charge in [-0.15, -0.1) is 0 Å². The van der Waals surface area contributed by atoms with E-state index in [1.165, 1.54) is 19.6 Å². The molecule has 0 aliphatic carbocycles. The van der Waals surface area contributed by atoms with Crippen molar-refractivity contribution in [3.05, 3.63) is 24.2 Å². The second-order valence-electron chi connectivity index (χ2n) is 2.06. The Morgan fingerprint density at radius 1 is 1.82 bits per heavy atom. The summed E-state index contributed by atoms with van der Waals surface area (Å²) in [5, 5.41) is 0. The molecule has 2 N–H and O–H groups in total. The van der Waals surface area contributed by atoms with E-state index < -0.39 is 12.0 Å². The summed E-state index contributed by atoms with van der Waals surface area (Å²) in [7, 11) is 1.29. The Balaban J connectivity index is 2.70. The van der Waals surface area contributed by atoms with Gasteiger partial charge in [-0.3, -0.25) is 4.79 Å². The molecule has 0 aliphatic heterocycles. The summed E-state index contributed by atoms with van der Waals surface area (Å²) in [6.07, 6.45) is 2.87. The van der Waals surface area contributed by atoms with Crippen LogP contribution in [0.25, 0.3) is 0 Å². The molecule has 0 amide bonds. The lowest BCUT2D eigenvalue weighted by Gasteiger charge is -2.04. The van der Waals surface area contributed by atoms with Crippen LogP contribution in [-0.2, 0) is 9.53 Å². The van der Waals surface area contributed by atoms with Gasteiger partial charge in [0.15, 0.2) is 0 Å². The van der Waals surface area contributed by atoms with Crippen LogP contribution in [0.15, 0.2) is 23.0 Å². The number of methoxy groups -OCH3 is 1. The molecule has 0 aliphatic rings. The zero-order valence-electron chi connectivity index (χ0n) is 6.11. The van der Waals surface area contributed by atoms with E-state index in [1.54, 1.807) is 6.07 Å². The number of ether oxygens (including phenoxy) is 1. The van der Waals surface area contributed by atoms with E-state index in [0.717, 1.165) is 0 Å². The summed E-state index contributed by atoms with van der Waals surface area (Å²) in [4.78, 5) is 10.8. The zero-order valence-corrected chi connectivity index (χ0v) is 6.11. The molecule has 0 saturated carbocycles. The van der Waals surface area contributed by atoms with Gasteiger partial charge >= 0.3 is 5.97 Å². The highest BCUT2D eigenvalue weighted by Crippen LogP contribution is 2.10. The molecular weight excluding hydrogens is 146 g/mol. The monoisotopic (exact) mass is 155 g/mol. The molecule has 1 aromatic rings. The quantitative estimate of drug-likeness (QED) is 0.630. The summed E-state index contributed by atoms with van der Waals surface area (Å²) in [5.41, 5.74) is 6.08. The van der Waals surface area contributed by atoms with Crippen LogP contribution in [0.3, 0.4) is 0 Å². The van der Waals surface area contributed by atoms with Crippen LogP contribution in [0.1, 0.15) is 11.6 Å². The van der Waals surface area contributed by atoms with E-state index in [-0.39, 0.29) is 0 Å². The number of nitrogens with two attached hydrogens (primary N) is 1. The fourth-order valence-corrected chi connectivity index (χ4v) is 0.715. The largest absolute Gasteiger partial charge is 0.472 e. The Bertz CT molecular complexity index is 230. The van der Waals surface area contributed by atoms with Crippen molar-refractivity contribution in [3.63, 3.8) is 0 Å². The van der Waals surface area contributed by atoms with Gasteiger partial charge in [-0.05, 0) is 6.07 Å². The van der Waals surface area contributed by atoms with Crippen molar-refractivity contribution in [2.24, 2.45) is 5.73 Å². The molecule has 0 saturated heterocycles. The van der Waals surface area contributed by atoms with Gasteiger partial charge in [0, 0.05) is 5.56 Å². The summed E-state index contributed by atoms with van der Waals surface area (Å²) in [5.74, 6) is -0.466. The second kappa shape index (κ2) is 3.21. The van der Waals surface area contributed by atoms with Gasteiger partial charge in [0.25, 0.3) is 0 Å². The molecule has 60 valence electrons. The average molecular weight is 155 g/mol. The number of hydrogen-bond donors (Lipinski definition) is 1. The first kappa shape index (κ1) is 7.81. The van der Waals surface area contributed by atoms with Crippen molar-refractivity contribution in [1.29, 1.82) is 0 Å². The third kappa shape index (κ3) is 1.59. The number of furan rings is 1. The number of carbonyl (C=O) groups excluding carboxylic acids is 1.